The van der Waals surface area contributed by atoms with Crippen molar-refractivity contribution < 1.29 is 9.53 Å². The van der Waals surface area contributed by atoms with Gasteiger partial charge in [-0.05, 0) is 56.5 Å². The van der Waals surface area contributed by atoms with Crippen LogP contribution in [0.1, 0.15) is 23.2 Å². The van der Waals surface area contributed by atoms with Crippen molar-refractivity contribution >= 4 is 11.7 Å². The number of nitrogens with one attached hydrogen (secondary N) is 1. The first-order valence-electron chi connectivity index (χ1n) is 8.57. The van der Waals surface area contributed by atoms with Gasteiger partial charge in [0.25, 0.3) is 0 Å². The van der Waals surface area contributed by atoms with Crippen molar-refractivity contribution in [1.82, 2.24) is 15.1 Å². The number of carbonyl (C=O) groups is 1. The summed E-state index contributed by atoms with van der Waals surface area (Å²) in [4.78, 5) is 14.3. The van der Waals surface area contributed by atoms with Crippen LogP contribution < -0.4 is 10.1 Å². The Morgan fingerprint density at radius 2 is 1.96 bits per heavy atom. The topological polar surface area (TPSA) is 67.4 Å². The van der Waals surface area contributed by atoms with Crippen molar-refractivity contribution in [3.05, 3.63) is 47.2 Å². The second kappa shape index (κ2) is 7.51. The fraction of sp³-hybridized carbons (Fsp3) is 0.421. The lowest BCUT2D eigenvalue weighted by Crippen LogP contribution is -2.33. The molecule has 0 saturated carbocycles. The Labute approximate surface area is 148 Å². The number of nitrogens with zero attached hydrogens (tertiary/aromatic N) is 3. The highest BCUT2D eigenvalue weighted by atomic mass is 16.5. The summed E-state index contributed by atoms with van der Waals surface area (Å²) in [5, 5.41) is 11.0. The largest absolute Gasteiger partial charge is 0.476 e. The summed E-state index contributed by atoms with van der Waals surface area (Å²) in [6, 6.07) is 9.70. The standard InChI is InChI=1S/C19H24N4O2/c1-13-8-14(2)10-17(9-13)20-19(24)23-7-6-16(11-23)12-25-18-5-4-15(3)21-22-18/h4-5,8-10,16H,6-7,11-12H2,1-3H3,(H,20,24). The number of anilines is 1. The van der Waals surface area contributed by atoms with Gasteiger partial charge < -0.3 is 15.0 Å². The van der Waals surface area contributed by atoms with Crippen LogP contribution in [0.2, 0.25) is 0 Å². The van der Waals surface area contributed by atoms with E-state index in [9.17, 15) is 4.79 Å². The second-order valence-electron chi connectivity index (χ2n) is 6.73. The quantitative estimate of drug-likeness (QED) is 0.927. The van der Waals surface area contributed by atoms with Crippen LogP contribution in [-0.2, 0) is 0 Å². The van der Waals surface area contributed by atoms with Gasteiger partial charge in [-0.25, -0.2) is 4.79 Å². The zero-order chi connectivity index (χ0) is 17.8. The first kappa shape index (κ1) is 17.2. The Bertz CT molecular complexity index is 725. The SMILES string of the molecule is Cc1cc(C)cc(NC(=O)N2CCC(COc3ccc(C)nn3)C2)c1. The Morgan fingerprint density at radius 1 is 1.20 bits per heavy atom. The summed E-state index contributed by atoms with van der Waals surface area (Å²) in [7, 11) is 0. The molecule has 1 saturated heterocycles. The summed E-state index contributed by atoms with van der Waals surface area (Å²) < 4.78 is 5.69. The van der Waals surface area contributed by atoms with E-state index >= 15 is 0 Å². The van der Waals surface area contributed by atoms with Gasteiger partial charge in [-0.2, -0.15) is 5.10 Å². The van der Waals surface area contributed by atoms with Gasteiger partial charge in [0.05, 0.1) is 12.3 Å². The van der Waals surface area contributed by atoms with Crippen molar-refractivity contribution in [2.24, 2.45) is 5.92 Å². The Hall–Kier alpha value is -2.63. The van der Waals surface area contributed by atoms with Crippen LogP contribution in [0.15, 0.2) is 30.3 Å². The van der Waals surface area contributed by atoms with Crippen LogP contribution in [0.3, 0.4) is 0 Å². The third-order valence-electron chi connectivity index (χ3n) is 4.29. The minimum atomic E-state index is -0.0531. The summed E-state index contributed by atoms with van der Waals surface area (Å²) in [6.07, 6.45) is 0.930. The van der Waals surface area contributed by atoms with Crippen LogP contribution in [-0.4, -0.2) is 40.8 Å². The molecule has 1 aliphatic heterocycles. The number of amides is 2. The third kappa shape index (κ3) is 4.68. The lowest BCUT2D eigenvalue weighted by molar-refractivity contribution is 0.212. The number of aromatic nitrogens is 2. The maximum atomic E-state index is 12.4. The van der Waals surface area contributed by atoms with Crippen molar-refractivity contribution in [3.8, 4) is 5.88 Å². The second-order valence-corrected chi connectivity index (χ2v) is 6.73. The molecule has 6 nitrogen and oxygen atoms in total. The number of hydrogen-bond donors (Lipinski definition) is 1. The van der Waals surface area contributed by atoms with Gasteiger partial charge in [-0.1, -0.05) is 6.07 Å². The molecule has 0 aliphatic carbocycles. The van der Waals surface area contributed by atoms with Crippen LogP contribution in [0, 0.1) is 26.7 Å². The molecule has 1 aromatic carbocycles. The summed E-state index contributed by atoms with van der Waals surface area (Å²) in [5.74, 6) is 0.844. The highest BCUT2D eigenvalue weighted by Crippen LogP contribution is 2.20. The van der Waals surface area contributed by atoms with Gasteiger partial charge >= 0.3 is 6.03 Å². The molecule has 0 spiro atoms. The van der Waals surface area contributed by atoms with Crippen LogP contribution in [0.4, 0.5) is 10.5 Å². The first-order chi connectivity index (χ1) is 12.0. The summed E-state index contributed by atoms with van der Waals surface area (Å²) in [6.45, 7) is 7.92. The molecular weight excluding hydrogens is 316 g/mol. The third-order valence-corrected chi connectivity index (χ3v) is 4.29. The fourth-order valence-corrected chi connectivity index (χ4v) is 3.07. The number of rotatable bonds is 4. The molecule has 2 aromatic rings. The van der Waals surface area contributed by atoms with Crippen molar-refractivity contribution in [1.29, 1.82) is 0 Å². The van der Waals surface area contributed by atoms with Crippen LogP contribution >= 0.6 is 0 Å². The molecule has 1 aromatic heterocycles. The van der Waals surface area contributed by atoms with Gasteiger partial charge in [0.15, 0.2) is 0 Å². The average Bonchev–Trinajstić information content (AvgIpc) is 3.02. The number of benzene rings is 1. The molecule has 1 N–H and O–H groups in total. The van der Waals surface area contributed by atoms with Gasteiger partial charge in [0.2, 0.25) is 5.88 Å². The van der Waals surface area contributed by atoms with Gasteiger partial charge in [-0.15, -0.1) is 5.10 Å². The minimum Gasteiger partial charge on any atom is -0.476 e. The predicted molar refractivity (Wildman–Crippen MR) is 96.9 cm³/mol. The monoisotopic (exact) mass is 340 g/mol. The molecule has 1 fully saturated rings. The number of ether oxygens (including phenoxy) is 1. The normalized spacial score (nSPS) is 16.8. The van der Waals surface area contributed by atoms with E-state index in [0.29, 0.717) is 24.9 Å². The zero-order valence-corrected chi connectivity index (χ0v) is 15.0. The molecule has 132 valence electrons. The number of urea groups is 1. The fourth-order valence-electron chi connectivity index (χ4n) is 3.07. The molecule has 0 bridgehead atoms. The van der Waals surface area contributed by atoms with Gasteiger partial charge in [0.1, 0.15) is 0 Å². The van der Waals surface area contributed by atoms with Crippen LogP contribution in [0.25, 0.3) is 0 Å². The minimum absolute atomic E-state index is 0.0531. The van der Waals surface area contributed by atoms with Crippen molar-refractivity contribution in [2.45, 2.75) is 27.2 Å². The first-order valence-corrected chi connectivity index (χ1v) is 8.57. The molecule has 2 heterocycles. The van der Waals surface area contributed by atoms with E-state index in [1.54, 1.807) is 0 Å². The Morgan fingerprint density at radius 3 is 2.64 bits per heavy atom. The number of likely N-dealkylation sites (tertiary alicyclic amines) is 1. The molecule has 25 heavy (non-hydrogen) atoms. The van der Waals surface area contributed by atoms with E-state index in [1.165, 1.54) is 0 Å². The number of aryl methyl sites for hydroxylation is 3. The highest BCUT2D eigenvalue weighted by molar-refractivity contribution is 5.89. The van der Waals surface area contributed by atoms with E-state index < -0.39 is 0 Å². The Kier molecular flexibility index (Phi) is 5.16. The van der Waals surface area contributed by atoms with Gasteiger partial charge in [-0.3, -0.25) is 0 Å². The number of carbonyl (C=O) groups excluding carboxylic acids is 1. The molecule has 6 heteroatoms. The molecule has 3 rings (SSSR count). The van der Waals surface area contributed by atoms with E-state index in [4.69, 9.17) is 4.74 Å². The van der Waals surface area contributed by atoms with E-state index in [-0.39, 0.29) is 6.03 Å². The van der Waals surface area contributed by atoms with E-state index in [2.05, 4.69) is 21.6 Å². The van der Waals surface area contributed by atoms with Crippen molar-refractivity contribution in [3.63, 3.8) is 0 Å². The van der Waals surface area contributed by atoms with E-state index in [1.807, 2.05) is 49.9 Å². The molecule has 0 radical (unpaired) electrons. The average molecular weight is 340 g/mol. The molecule has 1 aliphatic rings. The summed E-state index contributed by atoms with van der Waals surface area (Å²) >= 11 is 0. The molecule has 1 atom stereocenters. The predicted octanol–water partition coefficient (Wildman–Crippen LogP) is 3.33. The summed E-state index contributed by atoms with van der Waals surface area (Å²) in [5.41, 5.74) is 3.99. The zero-order valence-electron chi connectivity index (χ0n) is 15.0. The molecule has 2 amide bonds. The van der Waals surface area contributed by atoms with E-state index in [0.717, 1.165) is 35.5 Å². The highest BCUT2D eigenvalue weighted by Gasteiger charge is 2.27. The smallest absolute Gasteiger partial charge is 0.321 e. The lowest BCUT2D eigenvalue weighted by atomic mass is 10.1. The van der Waals surface area contributed by atoms with Crippen LogP contribution in [0.5, 0.6) is 5.88 Å². The Balaban J connectivity index is 1.50. The lowest BCUT2D eigenvalue weighted by Gasteiger charge is -2.18. The number of hydrogen-bond acceptors (Lipinski definition) is 4. The molecule has 1 unspecified atom stereocenters. The maximum Gasteiger partial charge on any atom is 0.321 e. The maximum absolute atomic E-state index is 12.4. The van der Waals surface area contributed by atoms with Crippen molar-refractivity contribution in [2.75, 3.05) is 25.0 Å². The van der Waals surface area contributed by atoms with Gasteiger partial charge in [0, 0.05) is 30.8 Å². The molecular formula is C19H24N4O2.